The molecular formula is C36H18N4O2. The lowest BCUT2D eigenvalue weighted by molar-refractivity contribution is 0.476. The molecule has 6 aromatic rings. The third kappa shape index (κ3) is 4.39. The van der Waals surface area contributed by atoms with Gasteiger partial charge in [0, 0.05) is 11.1 Å². The molecule has 6 nitrogen and oxygen atoms in total. The van der Waals surface area contributed by atoms with Crippen molar-refractivity contribution in [2.75, 3.05) is 0 Å². The second kappa shape index (κ2) is 10.9. The first-order valence-corrected chi connectivity index (χ1v) is 12.9. The Morgan fingerprint density at radius 1 is 0.381 bits per heavy atom. The number of rotatable bonds is 5. The molecule has 0 radical (unpaired) electrons. The first-order valence-electron chi connectivity index (χ1n) is 12.9. The molecule has 194 valence electrons. The molecule has 6 rings (SSSR count). The molecule has 6 aromatic carbocycles. The highest BCUT2D eigenvalue weighted by atomic mass is 16.5. The van der Waals surface area contributed by atoms with Crippen LogP contribution in [-0.4, -0.2) is 0 Å². The van der Waals surface area contributed by atoms with Crippen LogP contribution in [0.2, 0.25) is 0 Å². The fourth-order valence-corrected chi connectivity index (χ4v) is 5.08. The van der Waals surface area contributed by atoms with E-state index in [-0.39, 0.29) is 33.8 Å². The lowest BCUT2D eigenvalue weighted by Gasteiger charge is -2.20. The molecular weight excluding hydrogens is 520 g/mol. The van der Waals surface area contributed by atoms with Gasteiger partial charge in [0.05, 0.1) is 11.1 Å². The molecule has 0 saturated heterocycles. The minimum Gasteiger partial charge on any atom is -0.455 e. The van der Waals surface area contributed by atoms with Crippen molar-refractivity contribution >= 4 is 21.5 Å². The number of hydrogen-bond donors (Lipinski definition) is 0. The topological polar surface area (TPSA) is 114 Å². The van der Waals surface area contributed by atoms with Crippen LogP contribution in [0.25, 0.3) is 32.7 Å². The van der Waals surface area contributed by atoms with E-state index >= 15 is 0 Å². The highest BCUT2D eigenvalue weighted by Gasteiger charge is 2.22. The molecule has 0 saturated carbocycles. The lowest BCUT2D eigenvalue weighted by Crippen LogP contribution is -1.98. The van der Waals surface area contributed by atoms with Crippen LogP contribution in [0, 0.1) is 45.3 Å². The van der Waals surface area contributed by atoms with Crippen molar-refractivity contribution < 1.29 is 9.47 Å². The molecule has 0 fully saturated rings. The predicted molar refractivity (Wildman–Crippen MR) is 159 cm³/mol. The Morgan fingerprint density at radius 2 is 0.810 bits per heavy atom. The van der Waals surface area contributed by atoms with Gasteiger partial charge in [0.25, 0.3) is 0 Å². The van der Waals surface area contributed by atoms with Gasteiger partial charge >= 0.3 is 0 Å². The number of nitrogens with zero attached hydrogens (tertiary/aromatic N) is 4. The molecule has 0 aromatic heterocycles. The van der Waals surface area contributed by atoms with Crippen LogP contribution in [0.5, 0.6) is 23.0 Å². The molecule has 6 heteroatoms. The largest absolute Gasteiger partial charge is 0.455 e. The van der Waals surface area contributed by atoms with E-state index in [9.17, 15) is 21.0 Å². The van der Waals surface area contributed by atoms with Crippen LogP contribution in [-0.2, 0) is 0 Å². The first kappa shape index (κ1) is 25.7. The average molecular weight is 539 g/mol. The molecule has 0 unspecified atom stereocenters. The summed E-state index contributed by atoms with van der Waals surface area (Å²) in [5.41, 5.74) is 2.13. The van der Waals surface area contributed by atoms with E-state index in [1.807, 2.05) is 72.8 Å². The molecule has 0 aliphatic rings. The van der Waals surface area contributed by atoms with Crippen molar-refractivity contribution in [1.29, 1.82) is 21.0 Å². The van der Waals surface area contributed by atoms with Gasteiger partial charge in [0.2, 0.25) is 0 Å². The Hall–Kier alpha value is -6.60. The summed E-state index contributed by atoms with van der Waals surface area (Å²) >= 11 is 0. The van der Waals surface area contributed by atoms with Gasteiger partial charge in [-0.25, -0.2) is 0 Å². The van der Waals surface area contributed by atoms with E-state index in [1.54, 1.807) is 36.4 Å². The normalized spacial score (nSPS) is 10.3. The van der Waals surface area contributed by atoms with E-state index in [0.717, 1.165) is 21.5 Å². The maximum Gasteiger partial charge on any atom is 0.146 e. The van der Waals surface area contributed by atoms with E-state index in [4.69, 9.17) is 9.47 Å². The SMILES string of the molecule is N#Cc1cccc(Oc2ccc3ccccc3c2-c2c(Oc3cccc(C#N)c3C#N)ccc3ccccc23)c1C#N. The summed E-state index contributed by atoms with van der Waals surface area (Å²) in [7, 11) is 0. The summed E-state index contributed by atoms with van der Waals surface area (Å²) in [5, 5.41) is 42.5. The molecule has 42 heavy (non-hydrogen) atoms. The van der Waals surface area contributed by atoms with Gasteiger partial charge in [0.1, 0.15) is 58.4 Å². The van der Waals surface area contributed by atoms with E-state index in [0.29, 0.717) is 22.6 Å². The molecule has 0 atom stereocenters. The zero-order valence-electron chi connectivity index (χ0n) is 22.0. The van der Waals surface area contributed by atoms with Gasteiger partial charge in [-0.3, -0.25) is 0 Å². The second-order valence-corrected chi connectivity index (χ2v) is 9.33. The summed E-state index contributed by atoms with van der Waals surface area (Å²) < 4.78 is 12.9. The maximum absolute atomic E-state index is 9.86. The number of hydrogen-bond acceptors (Lipinski definition) is 6. The molecule has 0 bridgehead atoms. The number of ether oxygens (including phenoxy) is 2. The monoisotopic (exact) mass is 538 g/mol. The summed E-state index contributed by atoms with van der Waals surface area (Å²) in [5.74, 6) is 1.41. The van der Waals surface area contributed by atoms with E-state index < -0.39 is 0 Å². The Kier molecular flexibility index (Phi) is 6.65. The van der Waals surface area contributed by atoms with Gasteiger partial charge in [0.15, 0.2) is 0 Å². The summed E-state index contributed by atoms with van der Waals surface area (Å²) in [6.07, 6.45) is 0. The number of fused-ring (bicyclic) bond motifs is 2. The van der Waals surface area contributed by atoms with Gasteiger partial charge in [-0.1, -0.05) is 72.8 Å². The Bertz CT molecular complexity index is 2050. The maximum atomic E-state index is 9.86. The fourth-order valence-electron chi connectivity index (χ4n) is 5.08. The molecule has 0 spiro atoms. The third-order valence-corrected chi connectivity index (χ3v) is 6.99. The predicted octanol–water partition coefficient (Wildman–Crippen LogP) is 8.73. The highest BCUT2D eigenvalue weighted by Crippen LogP contribution is 2.48. The van der Waals surface area contributed by atoms with Crippen LogP contribution >= 0.6 is 0 Å². The Morgan fingerprint density at radius 3 is 1.21 bits per heavy atom. The molecule has 0 aliphatic carbocycles. The second-order valence-electron chi connectivity index (χ2n) is 9.33. The highest BCUT2D eigenvalue weighted by molar-refractivity contribution is 6.10. The summed E-state index contributed by atoms with van der Waals surface area (Å²) in [4.78, 5) is 0. The zero-order chi connectivity index (χ0) is 29.1. The third-order valence-electron chi connectivity index (χ3n) is 6.99. The number of benzene rings is 6. The fraction of sp³-hybridized carbons (Fsp3) is 0. The van der Waals surface area contributed by atoms with Crippen molar-refractivity contribution in [2.24, 2.45) is 0 Å². The molecule has 0 N–H and O–H groups in total. The van der Waals surface area contributed by atoms with Crippen molar-refractivity contribution in [3.63, 3.8) is 0 Å². The van der Waals surface area contributed by atoms with Gasteiger partial charge in [-0.2, -0.15) is 21.0 Å². The van der Waals surface area contributed by atoms with Crippen LogP contribution in [0.15, 0.2) is 109 Å². The quantitative estimate of drug-likeness (QED) is 0.217. The van der Waals surface area contributed by atoms with Gasteiger partial charge in [-0.15, -0.1) is 0 Å². The Labute approximate surface area is 241 Å². The van der Waals surface area contributed by atoms with Gasteiger partial charge in [-0.05, 0) is 57.9 Å². The van der Waals surface area contributed by atoms with Crippen molar-refractivity contribution in [3.05, 3.63) is 131 Å². The van der Waals surface area contributed by atoms with Crippen molar-refractivity contribution in [3.8, 4) is 58.4 Å². The van der Waals surface area contributed by atoms with E-state index in [1.165, 1.54) is 0 Å². The molecule has 0 aliphatic heterocycles. The van der Waals surface area contributed by atoms with Crippen molar-refractivity contribution in [1.82, 2.24) is 0 Å². The summed E-state index contributed by atoms with van der Waals surface area (Å²) in [6.45, 7) is 0. The van der Waals surface area contributed by atoms with Crippen molar-refractivity contribution in [2.45, 2.75) is 0 Å². The number of nitriles is 4. The Balaban J connectivity index is 1.67. The van der Waals surface area contributed by atoms with Crippen LogP contribution in [0.1, 0.15) is 22.3 Å². The van der Waals surface area contributed by atoms with Crippen LogP contribution in [0.4, 0.5) is 0 Å². The molecule has 0 heterocycles. The smallest absolute Gasteiger partial charge is 0.146 e. The van der Waals surface area contributed by atoms with Crippen LogP contribution in [0.3, 0.4) is 0 Å². The van der Waals surface area contributed by atoms with E-state index in [2.05, 4.69) is 24.3 Å². The summed E-state index contributed by atoms with van der Waals surface area (Å²) in [6, 6.07) is 41.4. The molecule has 0 amide bonds. The van der Waals surface area contributed by atoms with Crippen LogP contribution < -0.4 is 9.47 Å². The standard InChI is InChI=1S/C36H18N4O2/c37-19-25-9-5-13-31(29(25)21-39)41-33-17-15-23-7-1-3-11-27(23)35(33)36-28-12-4-2-8-24(28)16-18-34(36)42-32-14-6-10-26(20-38)30(32)22-40/h1-18H. The minimum absolute atomic E-state index is 0.139. The zero-order valence-corrected chi connectivity index (χ0v) is 22.0. The first-order chi connectivity index (χ1) is 20.7. The lowest BCUT2D eigenvalue weighted by atomic mass is 9.92. The minimum atomic E-state index is 0.139. The van der Waals surface area contributed by atoms with Gasteiger partial charge < -0.3 is 9.47 Å². The average Bonchev–Trinajstić information content (AvgIpc) is 3.04.